The molecule has 1 aliphatic rings. The highest BCUT2D eigenvalue weighted by atomic mass is 32.1. The Bertz CT molecular complexity index is 1090. The van der Waals surface area contributed by atoms with Crippen LogP contribution in [0.4, 0.5) is 0 Å². The molecule has 1 aromatic carbocycles. The molecule has 3 aromatic rings. The molecule has 168 valence electrons. The van der Waals surface area contributed by atoms with Gasteiger partial charge < -0.3 is 24.4 Å². The summed E-state index contributed by atoms with van der Waals surface area (Å²) in [6.07, 6.45) is 1.85. The van der Waals surface area contributed by atoms with Crippen molar-refractivity contribution in [2.75, 3.05) is 34.3 Å². The second-order valence-corrected chi connectivity index (χ2v) is 8.87. The van der Waals surface area contributed by atoms with Crippen molar-refractivity contribution in [2.45, 2.75) is 25.9 Å². The molecule has 2 atom stereocenters. The molecule has 0 aliphatic carbocycles. The van der Waals surface area contributed by atoms with Crippen LogP contribution < -0.4 is 10.1 Å². The molecular weight excluding hydrogens is 418 g/mol. The number of nitrogens with zero attached hydrogens (tertiary/aromatic N) is 4. The molecule has 3 heterocycles. The predicted octanol–water partition coefficient (Wildman–Crippen LogP) is 4.03. The number of hydrogen-bond donors (Lipinski definition) is 1. The van der Waals surface area contributed by atoms with E-state index in [-0.39, 0.29) is 12.1 Å². The summed E-state index contributed by atoms with van der Waals surface area (Å²) in [5, 5.41) is 4.33. The molecule has 2 aromatic heterocycles. The summed E-state index contributed by atoms with van der Waals surface area (Å²) >= 11 is 5.80. The van der Waals surface area contributed by atoms with E-state index in [9.17, 15) is 0 Å². The van der Waals surface area contributed by atoms with Gasteiger partial charge in [0.25, 0.3) is 0 Å². The third-order valence-corrected chi connectivity index (χ3v) is 6.44. The van der Waals surface area contributed by atoms with Gasteiger partial charge in [-0.15, -0.1) is 0 Å². The maximum atomic E-state index is 5.80. The zero-order valence-corrected chi connectivity index (χ0v) is 20.2. The van der Waals surface area contributed by atoms with Gasteiger partial charge in [0.15, 0.2) is 5.11 Å². The lowest BCUT2D eigenvalue weighted by Crippen LogP contribution is -2.35. The number of ether oxygens (including phenoxy) is 1. The number of thiocarbonyl (C=S) groups is 1. The van der Waals surface area contributed by atoms with E-state index in [0.29, 0.717) is 0 Å². The summed E-state index contributed by atoms with van der Waals surface area (Å²) in [6.45, 7) is 6.09. The van der Waals surface area contributed by atoms with Crippen molar-refractivity contribution in [2.24, 2.45) is 0 Å². The van der Waals surface area contributed by atoms with Crippen LogP contribution >= 0.6 is 12.2 Å². The first-order valence-corrected chi connectivity index (χ1v) is 11.3. The molecule has 0 bridgehead atoms. The van der Waals surface area contributed by atoms with Crippen molar-refractivity contribution in [1.29, 1.82) is 0 Å². The van der Waals surface area contributed by atoms with E-state index in [1.54, 1.807) is 7.11 Å². The number of pyridine rings is 1. The second kappa shape index (κ2) is 9.30. The van der Waals surface area contributed by atoms with Crippen LogP contribution in [-0.2, 0) is 0 Å². The number of likely N-dealkylation sites (N-methyl/N-ethyl adjacent to an activating group) is 1. The molecule has 4 rings (SSSR count). The molecule has 6 nitrogen and oxygen atoms in total. The molecule has 0 amide bonds. The van der Waals surface area contributed by atoms with Crippen molar-refractivity contribution < 1.29 is 4.74 Å². The van der Waals surface area contributed by atoms with E-state index in [2.05, 4.69) is 76.9 Å². The van der Waals surface area contributed by atoms with Crippen LogP contribution in [0.15, 0.2) is 54.7 Å². The molecule has 1 aliphatic heterocycles. The van der Waals surface area contributed by atoms with Crippen molar-refractivity contribution in [3.8, 4) is 11.4 Å². The summed E-state index contributed by atoms with van der Waals surface area (Å²) in [5.74, 6) is 0.847. The largest absolute Gasteiger partial charge is 0.497 e. The maximum absolute atomic E-state index is 5.80. The summed E-state index contributed by atoms with van der Waals surface area (Å²) < 4.78 is 7.75. The monoisotopic (exact) mass is 449 g/mol. The number of rotatable bonds is 7. The van der Waals surface area contributed by atoms with E-state index in [0.717, 1.165) is 35.3 Å². The number of aromatic nitrogens is 2. The number of nitrogens with one attached hydrogen (secondary N) is 1. The lowest BCUT2D eigenvalue weighted by molar-refractivity contribution is 0.277. The van der Waals surface area contributed by atoms with E-state index < -0.39 is 0 Å². The van der Waals surface area contributed by atoms with Crippen LogP contribution in [0.2, 0.25) is 0 Å². The zero-order chi connectivity index (χ0) is 22.8. The fourth-order valence-electron chi connectivity index (χ4n) is 4.53. The van der Waals surface area contributed by atoms with E-state index in [1.807, 2.05) is 30.5 Å². The maximum Gasteiger partial charge on any atom is 0.170 e. The van der Waals surface area contributed by atoms with Gasteiger partial charge in [0.1, 0.15) is 5.75 Å². The highest BCUT2D eigenvalue weighted by molar-refractivity contribution is 7.80. The minimum atomic E-state index is -0.00915. The fourth-order valence-corrected chi connectivity index (χ4v) is 4.86. The van der Waals surface area contributed by atoms with Crippen LogP contribution in [0.25, 0.3) is 5.69 Å². The Balaban J connectivity index is 1.80. The van der Waals surface area contributed by atoms with Crippen molar-refractivity contribution in [3.63, 3.8) is 0 Å². The van der Waals surface area contributed by atoms with Gasteiger partial charge >= 0.3 is 0 Å². The van der Waals surface area contributed by atoms with Crippen LogP contribution in [-0.4, -0.2) is 58.8 Å². The Hall–Kier alpha value is -2.90. The molecule has 0 unspecified atom stereocenters. The summed E-state index contributed by atoms with van der Waals surface area (Å²) in [7, 11) is 5.88. The second-order valence-electron chi connectivity index (χ2n) is 8.49. The van der Waals surface area contributed by atoms with Crippen LogP contribution in [0.3, 0.4) is 0 Å². The molecular formula is C25H31N5OS. The molecule has 1 N–H and O–H groups in total. The molecule has 7 heteroatoms. The van der Waals surface area contributed by atoms with Gasteiger partial charge in [-0.2, -0.15) is 0 Å². The van der Waals surface area contributed by atoms with Crippen molar-refractivity contribution >= 4 is 17.3 Å². The summed E-state index contributed by atoms with van der Waals surface area (Å²) in [5.41, 5.74) is 5.72. The third kappa shape index (κ3) is 4.23. The number of methoxy groups -OCH3 is 1. The topological polar surface area (TPSA) is 45.6 Å². The first-order chi connectivity index (χ1) is 15.4. The number of aryl methyl sites for hydroxylation is 1. The van der Waals surface area contributed by atoms with Crippen LogP contribution in [0.1, 0.15) is 34.7 Å². The highest BCUT2D eigenvalue weighted by Crippen LogP contribution is 2.41. The predicted molar refractivity (Wildman–Crippen MR) is 133 cm³/mol. The number of hydrogen-bond acceptors (Lipinski definition) is 4. The lowest BCUT2D eigenvalue weighted by Gasteiger charge is -2.29. The van der Waals surface area contributed by atoms with Gasteiger partial charge in [-0.05, 0) is 76.1 Å². The SMILES string of the molecule is COc1cccc(-n2c(C)cc([C@H]3[C@@H](c4ccccn4)NC(=S)N3CCN(C)C)c2C)c1. The van der Waals surface area contributed by atoms with Crippen LogP contribution in [0, 0.1) is 13.8 Å². The average molecular weight is 450 g/mol. The van der Waals surface area contributed by atoms with Gasteiger partial charge in [0, 0.05) is 42.4 Å². The van der Waals surface area contributed by atoms with Gasteiger partial charge in [-0.3, -0.25) is 4.98 Å². The average Bonchev–Trinajstić information content (AvgIpc) is 3.27. The zero-order valence-electron chi connectivity index (χ0n) is 19.4. The first-order valence-electron chi connectivity index (χ1n) is 10.9. The van der Waals surface area contributed by atoms with E-state index in [1.165, 1.54) is 17.0 Å². The minimum absolute atomic E-state index is 0.00915. The quantitative estimate of drug-likeness (QED) is 0.550. The molecule has 1 saturated heterocycles. The van der Waals surface area contributed by atoms with Gasteiger partial charge in [-0.25, -0.2) is 0 Å². The van der Waals surface area contributed by atoms with E-state index >= 15 is 0 Å². The Morgan fingerprint density at radius 2 is 1.94 bits per heavy atom. The summed E-state index contributed by atoms with van der Waals surface area (Å²) in [4.78, 5) is 9.16. The lowest BCUT2D eigenvalue weighted by atomic mass is 9.97. The van der Waals surface area contributed by atoms with Gasteiger partial charge in [0.05, 0.1) is 24.9 Å². The smallest absolute Gasteiger partial charge is 0.170 e. The normalized spacial score (nSPS) is 18.3. The Morgan fingerprint density at radius 1 is 1.12 bits per heavy atom. The van der Waals surface area contributed by atoms with E-state index in [4.69, 9.17) is 17.0 Å². The minimum Gasteiger partial charge on any atom is -0.497 e. The van der Waals surface area contributed by atoms with Crippen molar-refractivity contribution in [1.82, 2.24) is 24.7 Å². The van der Waals surface area contributed by atoms with Gasteiger partial charge in [-0.1, -0.05) is 12.1 Å². The Kier molecular flexibility index (Phi) is 6.48. The van der Waals surface area contributed by atoms with Crippen LogP contribution in [0.5, 0.6) is 5.75 Å². The fraction of sp³-hybridized carbons (Fsp3) is 0.360. The van der Waals surface area contributed by atoms with Gasteiger partial charge in [0.2, 0.25) is 0 Å². The molecule has 0 saturated carbocycles. The standard InChI is InChI=1S/C25H31N5OS/c1-17-15-21(18(2)30(17)19-9-8-10-20(16-19)31-5)24-23(22-11-6-7-12-26-22)27-25(32)29(24)14-13-28(3)4/h6-12,15-16,23-24H,13-14H2,1-5H3,(H,27,32)/t23-,24+/m1/s1. The summed E-state index contributed by atoms with van der Waals surface area (Å²) in [6, 6.07) is 16.6. The van der Waals surface area contributed by atoms with Crippen molar-refractivity contribution in [3.05, 3.63) is 77.4 Å². The molecule has 1 fully saturated rings. The highest BCUT2D eigenvalue weighted by Gasteiger charge is 2.41. The molecule has 0 spiro atoms. The Morgan fingerprint density at radius 3 is 2.62 bits per heavy atom. The molecule has 0 radical (unpaired) electrons. The Labute approximate surface area is 195 Å². The molecule has 32 heavy (non-hydrogen) atoms. The first kappa shape index (κ1) is 22.3. The third-order valence-electron chi connectivity index (χ3n) is 6.09. The number of benzene rings is 1.